The fourth-order valence-electron chi connectivity index (χ4n) is 2.90. The van der Waals surface area contributed by atoms with Crippen molar-refractivity contribution in [1.29, 1.82) is 0 Å². The van der Waals surface area contributed by atoms with E-state index in [2.05, 4.69) is 28.9 Å². The molecule has 120 valence electrons. The molecular weight excluding hydrogens is 310 g/mol. The Labute approximate surface area is 141 Å². The highest BCUT2D eigenvalue weighted by Crippen LogP contribution is 2.27. The van der Waals surface area contributed by atoms with E-state index in [0.29, 0.717) is 11.3 Å². The summed E-state index contributed by atoms with van der Waals surface area (Å²) in [6.45, 7) is 6.19. The minimum absolute atomic E-state index is 0.0476. The Morgan fingerprint density at radius 1 is 1.30 bits per heavy atom. The normalized spacial score (nSPS) is 23.7. The first-order valence-corrected chi connectivity index (χ1v) is 8.16. The minimum Gasteiger partial charge on any atom is -0.396 e. The largest absolute Gasteiger partial charge is 0.396 e. The van der Waals surface area contributed by atoms with Crippen LogP contribution in [-0.4, -0.2) is 24.6 Å². The van der Waals surface area contributed by atoms with Crippen LogP contribution < -0.4 is 10.6 Å². The smallest absolute Gasteiger partial charge is 0.202 e. The van der Waals surface area contributed by atoms with Crippen LogP contribution in [0.3, 0.4) is 0 Å². The number of aliphatic imine (C=N–C) groups is 1. The van der Waals surface area contributed by atoms with Crippen LogP contribution in [-0.2, 0) is 4.79 Å². The van der Waals surface area contributed by atoms with Crippen molar-refractivity contribution in [1.82, 2.24) is 0 Å². The predicted octanol–water partition coefficient (Wildman–Crippen LogP) is 3.54. The molecule has 0 bridgehead atoms. The third-order valence-corrected chi connectivity index (χ3v) is 4.69. The second-order valence-corrected chi connectivity index (χ2v) is 6.62. The van der Waals surface area contributed by atoms with Gasteiger partial charge >= 0.3 is 0 Å². The first-order valence-electron chi connectivity index (χ1n) is 7.78. The van der Waals surface area contributed by atoms with Crippen LogP contribution in [0.2, 0.25) is 0 Å². The van der Waals surface area contributed by atoms with Gasteiger partial charge in [-0.15, -0.1) is 0 Å². The molecule has 0 spiro atoms. The van der Waals surface area contributed by atoms with E-state index >= 15 is 0 Å². The highest BCUT2D eigenvalue weighted by Gasteiger charge is 2.22. The van der Waals surface area contributed by atoms with Gasteiger partial charge in [-0.1, -0.05) is 18.5 Å². The molecule has 23 heavy (non-hydrogen) atoms. The SMILES string of the molecule is CC1=C/C(=N\c2ccc(N3CCC(C)C3)cc2)C(N)=C(Cl)C1=O. The third kappa shape index (κ3) is 3.17. The van der Waals surface area contributed by atoms with Crippen LogP contribution in [0.5, 0.6) is 0 Å². The zero-order valence-corrected chi connectivity index (χ0v) is 14.1. The van der Waals surface area contributed by atoms with Crippen molar-refractivity contribution in [2.45, 2.75) is 20.3 Å². The summed E-state index contributed by atoms with van der Waals surface area (Å²) < 4.78 is 0. The van der Waals surface area contributed by atoms with Crippen molar-refractivity contribution >= 4 is 34.5 Å². The van der Waals surface area contributed by atoms with E-state index in [4.69, 9.17) is 17.3 Å². The van der Waals surface area contributed by atoms with Gasteiger partial charge in [-0.3, -0.25) is 4.79 Å². The van der Waals surface area contributed by atoms with Gasteiger partial charge in [0.25, 0.3) is 0 Å². The molecule has 1 fully saturated rings. The van der Waals surface area contributed by atoms with E-state index in [9.17, 15) is 4.79 Å². The summed E-state index contributed by atoms with van der Waals surface area (Å²) in [7, 11) is 0. The molecule has 5 heteroatoms. The van der Waals surface area contributed by atoms with E-state index in [0.717, 1.165) is 24.7 Å². The van der Waals surface area contributed by atoms with Crippen molar-refractivity contribution < 1.29 is 4.79 Å². The van der Waals surface area contributed by atoms with E-state index in [1.54, 1.807) is 13.0 Å². The quantitative estimate of drug-likeness (QED) is 0.844. The Balaban J connectivity index is 1.84. The Hall–Kier alpha value is -2.07. The number of allylic oxidation sites excluding steroid dienone is 3. The Morgan fingerprint density at radius 2 is 2.00 bits per heavy atom. The van der Waals surface area contributed by atoms with Crippen molar-refractivity contribution in [3.63, 3.8) is 0 Å². The molecule has 2 N–H and O–H groups in total. The van der Waals surface area contributed by atoms with Gasteiger partial charge in [0.05, 0.1) is 17.1 Å². The minimum atomic E-state index is -0.235. The standard InChI is InChI=1S/C18H20ClN3O/c1-11-7-8-22(10-11)14-5-3-13(4-6-14)21-15-9-12(2)18(23)16(19)17(15)20/h3-6,9,11H,7-8,10,20H2,1-2H3/b21-15+. The number of nitrogens with zero attached hydrogens (tertiary/aromatic N) is 2. The zero-order chi connectivity index (χ0) is 16.6. The van der Waals surface area contributed by atoms with Gasteiger partial charge in [-0.05, 0) is 49.6 Å². The number of halogens is 1. The lowest BCUT2D eigenvalue weighted by Crippen LogP contribution is -2.21. The summed E-state index contributed by atoms with van der Waals surface area (Å²) >= 11 is 5.98. The monoisotopic (exact) mass is 329 g/mol. The summed E-state index contributed by atoms with van der Waals surface area (Å²) in [4.78, 5) is 18.7. The van der Waals surface area contributed by atoms with E-state index in [1.807, 2.05) is 12.1 Å². The van der Waals surface area contributed by atoms with Crippen molar-refractivity contribution in [2.75, 3.05) is 18.0 Å². The molecule has 1 aliphatic carbocycles. The number of nitrogens with two attached hydrogens (primary N) is 1. The van der Waals surface area contributed by atoms with Gasteiger partial charge in [0.15, 0.2) is 0 Å². The molecule has 1 unspecified atom stereocenters. The van der Waals surface area contributed by atoms with Crippen LogP contribution in [0.25, 0.3) is 0 Å². The zero-order valence-electron chi connectivity index (χ0n) is 13.3. The molecule has 0 radical (unpaired) electrons. The molecule has 1 heterocycles. The Morgan fingerprint density at radius 3 is 2.61 bits per heavy atom. The average Bonchev–Trinajstić information content (AvgIpc) is 2.98. The van der Waals surface area contributed by atoms with Gasteiger partial charge in [-0.25, -0.2) is 4.99 Å². The number of benzene rings is 1. The lowest BCUT2D eigenvalue weighted by atomic mass is 10.0. The highest BCUT2D eigenvalue weighted by molar-refractivity contribution is 6.49. The number of hydrogen-bond acceptors (Lipinski definition) is 4. The van der Waals surface area contributed by atoms with E-state index in [1.165, 1.54) is 12.1 Å². The molecule has 0 aromatic heterocycles. The highest BCUT2D eigenvalue weighted by atomic mass is 35.5. The summed E-state index contributed by atoms with van der Waals surface area (Å²) in [5, 5.41) is 0.0476. The molecule has 1 aromatic carbocycles. The first-order chi connectivity index (χ1) is 11.0. The number of hydrogen-bond donors (Lipinski definition) is 1. The molecule has 0 amide bonds. The number of carbonyl (C=O) groups is 1. The van der Waals surface area contributed by atoms with Crippen LogP contribution >= 0.6 is 11.6 Å². The lowest BCUT2D eigenvalue weighted by Gasteiger charge is -2.18. The van der Waals surface area contributed by atoms with Crippen LogP contribution in [0, 0.1) is 5.92 Å². The summed E-state index contributed by atoms with van der Waals surface area (Å²) in [6.07, 6.45) is 2.92. The topological polar surface area (TPSA) is 58.7 Å². The van der Waals surface area contributed by atoms with Crippen molar-refractivity contribution in [2.24, 2.45) is 16.6 Å². The second-order valence-electron chi connectivity index (χ2n) is 6.24. The molecule has 0 saturated carbocycles. The van der Waals surface area contributed by atoms with Gasteiger partial charge in [0.2, 0.25) is 5.78 Å². The number of rotatable bonds is 2. The van der Waals surface area contributed by atoms with Gasteiger partial charge < -0.3 is 10.6 Å². The fraction of sp³-hybridized carbons (Fsp3) is 0.333. The summed E-state index contributed by atoms with van der Waals surface area (Å²) in [6, 6.07) is 8.07. The number of anilines is 1. The van der Waals surface area contributed by atoms with Crippen LogP contribution in [0.4, 0.5) is 11.4 Å². The van der Waals surface area contributed by atoms with E-state index in [-0.39, 0.29) is 16.5 Å². The molecule has 1 aliphatic heterocycles. The van der Waals surface area contributed by atoms with Crippen LogP contribution in [0.1, 0.15) is 20.3 Å². The molecule has 1 saturated heterocycles. The maximum Gasteiger partial charge on any atom is 0.202 e. The maximum absolute atomic E-state index is 11.8. The third-order valence-electron chi connectivity index (χ3n) is 4.31. The molecule has 1 atom stereocenters. The molecule has 4 nitrogen and oxygen atoms in total. The molecule has 3 rings (SSSR count). The number of carbonyl (C=O) groups excluding carboxylic acids is 1. The number of ketones is 1. The lowest BCUT2D eigenvalue weighted by molar-refractivity contribution is -0.111. The van der Waals surface area contributed by atoms with Gasteiger partial charge in [0, 0.05) is 24.4 Å². The molecule has 1 aromatic rings. The molecular formula is C18H20ClN3O. The van der Waals surface area contributed by atoms with Crippen molar-refractivity contribution in [3.05, 3.63) is 46.6 Å². The summed E-state index contributed by atoms with van der Waals surface area (Å²) in [5.41, 5.74) is 9.24. The summed E-state index contributed by atoms with van der Waals surface area (Å²) in [5.74, 6) is 0.511. The first kappa shape index (κ1) is 15.8. The average molecular weight is 330 g/mol. The Kier molecular flexibility index (Phi) is 4.26. The van der Waals surface area contributed by atoms with Crippen LogP contribution in [0.15, 0.2) is 51.6 Å². The maximum atomic E-state index is 11.8. The predicted molar refractivity (Wildman–Crippen MR) is 95.4 cm³/mol. The second kappa shape index (κ2) is 6.20. The Bertz CT molecular complexity index is 731. The van der Waals surface area contributed by atoms with Crippen molar-refractivity contribution in [3.8, 4) is 0 Å². The number of Topliss-reactive ketones (excluding diaryl/α,β-unsaturated/α-hetero) is 1. The fourth-order valence-corrected chi connectivity index (χ4v) is 3.14. The van der Waals surface area contributed by atoms with Gasteiger partial charge in [0.1, 0.15) is 5.03 Å². The van der Waals surface area contributed by atoms with Gasteiger partial charge in [-0.2, -0.15) is 0 Å². The molecule has 2 aliphatic rings. The van der Waals surface area contributed by atoms with E-state index < -0.39 is 0 Å².